The van der Waals surface area contributed by atoms with E-state index in [1.165, 1.54) is 15.4 Å². The summed E-state index contributed by atoms with van der Waals surface area (Å²) in [7, 11) is 2.34. The van der Waals surface area contributed by atoms with Crippen molar-refractivity contribution in [2.75, 3.05) is 0 Å². The van der Waals surface area contributed by atoms with Crippen molar-refractivity contribution < 1.29 is 9.63 Å². The lowest BCUT2D eigenvalue weighted by atomic mass is 9.86. The molecule has 2 nitrogen and oxygen atoms in total. The van der Waals surface area contributed by atoms with Gasteiger partial charge in [0.25, 0.3) is 0 Å². The van der Waals surface area contributed by atoms with Crippen LogP contribution in [0.15, 0.2) is 34.1 Å². The lowest BCUT2D eigenvalue weighted by molar-refractivity contribution is 0.445. The van der Waals surface area contributed by atoms with Crippen molar-refractivity contribution in [2.45, 2.75) is 76.0 Å². The molecule has 2 aromatic carbocycles. The van der Waals surface area contributed by atoms with Crippen LogP contribution in [0.5, 0.6) is 11.5 Å². The Kier molecular flexibility index (Phi) is 6.05. The summed E-state index contributed by atoms with van der Waals surface area (Å²) in [6.07, 6.45) is 0. The van der Waals surface area contributed by atoms with E-state index in [2.05, 4.69) is 83.1 Å². The van der Waals surface area contributed by atoms with Gasteiger partial charge in [0.2, 0.25) is 0 Å². The summed E-state index contributed by atoms with van der Waals surface area (Å²) >= 11 is 1.77. The summed E-state index contributed by atoms with van der Waals surface area (Å²) in [5.41, 5.74) is 4.34. The molecule has 0 amide bonds. The van der Waals surface area contributed by atoms with Gasteiger partial charge in [-0.25, -0.2) is 0 Å². The van der Waals surface area contributed by atoms with E-state index in [-0.39, 0.29) is 10.8 Å². The lowest BCUT2D eigenvalue weighted by Gasteiger charge is -2.26. The molecule has 1 atom stereocenters. The number of phenols is 1. The molecule has 4 heteroatoms. The van der Waals surface area contributed by atoms with Crippen molar-refractivity contribution in [3.63, 3.8) is 0 Å². The van der Waals surface area contributed by atoms with E-state index < -0.39 is 0 Å². The standard InChI is InChI=1S/C22H31O2PS/c1-13-10-20(16(22(6,7)8)11-18(13)24-25)26-19-12-15(21(3,4)5)17(23)9-14(19)2/h9-12,23H,25H2,1-8H3. The second-order valence-electron chi connectivity index (χ2n) is 8.97. The Balaban J connectivity index is 2.60. The minimum atomic E-state index is -0.104. The maximum absolute atomic E-state index is 10.4. The first-order chi connectivity index (χ1) is 11.8. The monoisotopic (exact) mass is 390 g/mol. The molecule has 0 fully saturated rings. The van der Waals surface area contributed by atoms with Gasteiger partial charge in [-0.15, -0.1) is 0 Å². The van der Waals surface area contributed by atoms with E-state index in [0.717, 1.165) is 22.4 Å². The summed E-state index contributed by atoms with van der Waals surface area (Å²) in [5, 5.41) is 10.4. The van der Waals surface area contributed by atoms with Gasteiger partial charge in [0.05, 0.1) is 9.47 Å². The zero-order chi connectivity index (χ0) is 19.9. The first kappa shape index (κ1) is 21.1. The molecular weight excluding hydrogens is 359 g/mol. The third kappa shape index (κ3) is 4.56. The average Bonchev–Trinajstić information content (AvgIpc) is 2.47. The fourth-order valence-electron chi connectivity index (χ4n) is 2.96. The van der Waals surface area contributed by atoms with Crippen molar-refractivity contribution in [3.8, 4) is 11.5 Å². The van der Waals surface area contributed by atoms with Crippen LogP contribution in [-0.2, 0) is 10.8 Å². The molecule has 0 heterocycles. The summed E-state index contributed by atoms with van der Waals surface area (Å²) < 4.78 is 5.46. The van der Waals surface area contributed by atoms with Gasteiger partial charge in [0.1, 0.15) is 11.5 Å². The van der Waals surface area contributed by atoms with Gasteiger partial charge >= 0.3 is 0 Å². The predicted molar refractivity (Wildman–Crippen MR) is 116 cm³/mol. The number of hydrogen-bond donors (Lipinski definition) is 1. The van der Waals surface area contributed by atoms with E-state index in [9.17, 15) is 5.11 Å². The van der Waals surface area contributed by atoms with Crippen LogP contribution in [0, 0.1) is 13.8 Å². The number of benzene rings is 2. The Morgan fingerprint density at radius 1 is 0.808 bits per heavy atom. The molecule has 142 valence electrons. The second kappa shape index (κ2) is 7.44. The number of aryl methyl sites for hydroxylation is 2. The molecule has 1 unspecified atom stereocenters. The van der Waals surface area contributed by atoms with Crippen LogP contribution in [0.1, 0.15) is 63.8 Å². The third-order valence-corrected chi connectivity index (χ3v) is 6.00. The van der Waals surface area contributed by atoms with Crippen LogP contribution in [0.3, 0.4) is 0 Å². The molecule has 0 aliphatic rings. The highest BCUT2D eigenvalue weighted by Crippen LogP contribution is 2.43. The van der Waals surface area contributed by atoms with Gasteiger partial charge in [0, 0.05) is 15.4 Å². The van der Waals surface area contributed by atoms with Crippen LogP contribution >= 0.6 is 21.2 Å². The fourth-order valence-corrected chi connectivity index (χ4v) is 4.56. The van der Waals surface area contributed by atoms with E-state index in [1.54, 1.807) is 11.8 Å². The third-order valence-electron chi connectivity index (χ3n) is 4.53. The Labute approximate surface area is 165 Å². The number of rotatable bonds is 3. The van der Waals surface area contributed by atoms with Crippen LogP contribution in [0.25, 0.3) is 0 Å². The average molecular weight is 391 g/mol. The van der Waals surface area contributed by atoms with Gasteiger partial charge in [-0.05, 0) is 65.6 Å². The quantitative estimate of drug-likeness (QED) is 0.577. The van der Waals surface area contributed by atoms with Crippen LogP contribution in [0.4, 0.5) is 0 Å². The van der Waals surface area contributed by atoms with Crippen molar-refractivity contribution in [1.29, 1.82) is 0 Å². The smallest absolute Gasteiger partial charge is 0.125 e. The molecule has 1 N–H and O–H groups in total. The van der Waals surface area contributed by atoms with E-state index in [1.807, 2.05) is 6.07 Å². The number of hydrogen-bond acceptors (Lipinski definition) is 3. The fraction of sp³-hybridized carbons (Fsp3) is 0.455. The first-order valence-electron chi connectivity index (χ1n) is 8.88. The molecule has 0 aliphatic carbocycles. The minimum absolute atomic E-state index is 0.00562. The van der Waals surface area contributed by atoms with Gasteiger partial charge in [-0.2, -0.15) is 0 Å². The zero-order valence-corrected chi connectivity index (χ0v) is 19.1. The second-order valence-corrected chi connectivity index (χ2v) is 10.3. The molecule has 0 saturated heterocycles. The molecule has 2 rings (SSSR count). The Hall–Kier alpha value is -1.18. The maximum Gasteiger partial charge on any atom is 0.125 e. The Bertz CT molecular complexity index is 814. The highest BCUT2D eigenvalue weighted by molar-refractivity contribution is 7.99. The van der Waals surface area contributed by atoms with Crippen LogP contribution < -0.4 is 4.52 Å². The summed E-state index contributed by atoms with van der Waals surface area (Å²) in [5.74, 6) is 1.26. The van der Waals surface area contributed by atoms with E-state index in [4.69, 9.17) is 4.52 Å². The first-order valence-corrected chi connectivity index (χ1v) is 10.2. The molecule has 0 saturated carbocycles. The lowest BCUT2D eigenvalue weighted by Crippen LogP contribution is -2.13. The highest BCUT2D eigenvalue weighted by atomic mass is 32.2. The summed E-state index contributed by atoms with van der Waals surface area (Å²) in [6.45, 7) is 17.2. The van der Waals surface area contributed by atoms with Crippen molar-refractivity contribution in [2.24, 2.45) is 0 Å². The topological polar surface area (TPSA) is 29.5 Å². The van der Waals surface area contributed by atoms with Gasteiger partial charge in [0.15, 0.2) is 0 Å². The number of phenolic OH excluding ortho intramolecular Hbond substituents is 1. The molecule has 26 heavy (non-hydrogen) atoms. The number of aromatic hydroxyl groups is 1. The zero-order valence-electron chi connectivity index (χ0n) is 17.2. The van der Waals surface area contributed by atoms with Crippen LogP contribution in [-0.4, -0.2) is 5.11 Å². The molecule has 0 aliphatic heterocycles. The normalized spacial score (nSPS) is 12.3. The molecular formula is C22H31O2PS. The van der Waals surface area contributed by atoms with Crippen LogP contribution in [0.2, 0.25) is 0 Å². The maximum atomic E-state index is 10.4. The van der Waals surface area contributed by atoms with Gasteiger partial charge in [-0.1, -0.05) is 53.3 Å². The minimum Gasteiger partial charge on any atom is -0.508 e. The van der Waals surface area contributed by atoms with Crippen molar-refractivity contribution in [3.05, 3.63) is 46.5 Å². The molecule has 2 aromatic rings. The molecule has 0 bridgehead atoms. The van der Waals surface area contributed by atoms with Crippen molar-refractivity contribution in [1.82, 2.24) is 0 Å². The molecule has 0 radical (unpaired) electrons. The SMILES string of the molecule is Cc1cc(Sc2cc(C(C)(C)C)c(O)cc2C)c(C(C)(C)C)cc1OP. The highest BCUT2D eigenvalue weighted by Gasteiger charge is 2.23. The van der Waals surface area contributed by atoms with E-state index in [0.29, 0.717) is 5.75 Å². The van der Waals surface area contributed by atoms with Crippen molar-refractivity contribution >= 4 is 21.2 Å². The van der Waals surface area contributed by atoms with Gasteiger partial charge in [-0.3, -0.25) is 0 Å². The largest absolute Gasteiger partial charge is 0.508 e. The Morgan fingerprint density at radius 3 is 1.88 bits per heavy atom. The van der Waals surface area contributed by atoms with E-state index >= 15 is 0 Å². The molecule has 0 aromatic heterocycles. The molecule has 0 spiro atoms. The predicted octanol–water partition coefficient (Wildman–Crippen LogP) is 6.92. The summed E-state index contributed by atoms with van der Waals surface area (Å²) in [6, 6.07) is 8.36. The Morgan fingerprint density at radius 2 is 1.38 bits per heavy atom. The van der Waals surface area contributed by atoms with Gasteiger partial charge < -0.3 is 9.63 Å². The summed E-state index contributed by atoms with van der Waals surface area (Å²) in [4.78, 5) is 2.41.